The number of aromatic nitrogens is 2. The van der Waals surface area contributed by atoms with E-state index in [9.17, 15) is 9.18 Å². The minimum atomic E-state index is -0.290. The third-order valence-electron chi connectivity index (χ3n) is 2.87. The lowest BCUT2D eigenvalue weighted by molar-refractivity contribution is 0.627. The van der Waals surface area contributed by atoms with E-state index in [2.05, 4.69) is 15.3 Å². The molecule has 0 aliphatic rings. The highest BCUT2D eigenvalue weighted by atomic mass is 32.1. The van der Waals surface area contributed by atoms with Crippen LogP contribution in [-0.4, -0.2) is 9.97 Å². The van der Waals surface area contributed by atoms with E-state index >= 15 is 0 Å². The molecule has 0 unspecified atom stereocenters. The van der Waals surface area contributed by atoms with Crippen LogP contribution in [0.25, 0.3) is 10.2 Å². The summed E-state index contributed by atoms with van der Waals surface area (Å²) < 4.78 is 13.9. The average Bonchev–Trinajstić information content (AvgIpc) is 2.84. The summed E-state index contributed by atoms with van der Waals surface area (Å²) in [6, 6.07) is 6.52. The predicted molar refractivity (Wildman–Crippen MR) is 78.7 cm³/mol. The Morgan fingerprint density at radius 3 is 3.05 bits per heavy atom. The number of benzene rings is 1. The monoisotopic (exact) mass is 289 g/mol. The molecule has 0 bridgehead atoms. The van der Waals surface area contributed by atoms with Crippen LogP contribution in [0, 0.1) is 12.7 Å². The Bertz CT molecular complexity index is 804. The van der Waals surface area contributed by atoms with Gasteiger partial charge in [-0.25, -0.2) is 9.37 Å². The lowest BCUT2D eigenvalue weighted by Gasteiger charge is -2.07. The molecule has 0 amide bonds. The highest BCUT2D eigenvalue weighted by molar-refractivity contribution is 7.17. The van der Waals surface area contributed by atoms with E-state index in [1.54, 1.807) is 0 Å². The van der Waals surface area contributed by atoms with Crippen molar-refractivity contribution in [1.29, 1.82) is 0 Å². The third kappa shape index (κ3) is 2.55. The number of rotatable bonds is 3. The zero-order valence-corrected chi connectivity index (χ0v) is 11.6. The van der Waals surface area contributed by atoms with Gasteiger partial charge in [0.05, 0.1) is 12.1 Å². The summed E-state index contributed by atoms with van der Waals surface area (Å²) >= 11 is 1.36. The summed E-state index contributed by atoms with van der Waals surface area (Å²) in [7, 11) is 0. The molecule has 102 valence electrons. The minimum absolute atomic E-state index is 0.141. The number of thiophene rings is 1. The third-order valence-corrected chi connectivity index (χ3v) is 3.77. The van der Waals surface area contributed by atoms with E-state index in [0.717, 1.165) is 5.56 Å². The maximum Gasteiger partial charge on any atom is 0.268 e. The molecule has 3 rings (SSSR count). The Kier molecular flexibility index (Phi) is 3.23. The Hall–Kier alpha value is -2.21. The fourth-order valence-corrected chi connectivity index (χ4v) is 2.76. The van der Waals surface area contributed by atoms with Gasteiger partial charge in [-0.3, -0.25) is 4.79 Å². The first-order chi connectivity index (χ1) is 9.61. The van der Waals surface area contributed by atoms with Gasteiger partial charge in [0, 0.05) is 5.69 Å². The highest BCUT2D eigenvalue weighted by Crippen LogP contribution is 2.16. The van der Waals surface area contributed by atoms with Gasteiger partial charge in [-0.05, 0) is 42.1 Å². The predicted octanol–water partition coefficient (Wildman–Crippen LogP) is 3.04. The van der Waals surface area contributed by atoms with Gasteiger partial charge in [0.1, 0.15) is 16.3 Å². The van der Waals surface area contributed by atoms with Crippen molar-refractivity contribution in [2.45, 2.75) is 13.5 Å². The van der Waals surface area contributed by atoms with E-state index in [1.807, 2.05) is 24.4 Å². The first-order valence-electron chi connectivity index (χ1n) is 6.09. The molecule has 0 fully saturated rings. The van der Waals surface area contributed by atoms with Crippen molar-refractivity contribution in [3.05, 3.63) is 57.2 Å². The number of aryl methyl sites for hydroxylation is 1. The topological polar surface area (TPSA) is 57.8 Å². The average molecular weight is 289 g/mol. The van der Waals surface area contributed by atoms with Gasteiger partial charge in [0.25, 0.3) is 5.56 Å². The van der Waals surface area contributed by atoms with Gasteiger partial charge in [0.15, 0.2) is 0 Å². The normalized spacial score (nSPS) is 10.9. The molecule has 0 atom stereocenters. The maximum absolute atomic E-state index is 13.3. The lowest BCUT2D eigenvalue weighted by atomic mass is 10.2. The van der Waals surface area contributed by atoms with Gasteiger partial charge in [-0.15, -0.1) is 11.3 Å². The summed E-state index contributed by atoms with van der Waals surface area (Å²) in [5.41, 5.74) is 2.04. The summed E-state index contributed by atoms with van der Waals surface area (Å²) in [4.78, 5) is 18.9. The van der Waals surface area contributed by atoms with Crippen molar-refractivity contribution >= 4 is 27.2 Å². The summed E-state index contributed by atoms with van der Waals surface area (Å²) in [5.74, 6) is 0.241. The number of H-pyrrole nitrogens is 1. The van der Waals surface area contributed by atoms with Crippen LogP contribution < -0.4 is 10.9 Å². The number of hydrogen-bond donors (Lipinski definition) is 2. The van der Waals surface area contributed by atoms with Crippen molar-refractivity contribution in [2.24, 2.45) is 0 Å². The number of fused-ring (bicyclic) bond motifs is 1. The van der Waals surface area contributed by atoms with Gasteiger partial charge in [0.2, 0.25) is 0 Å². The Morgan fingerprint density at radius 1 is 1.40 bits per heavy atom. The van der Waals surface area contributed by atoms with Gasteiger partial charge >= 0.3 is 0 Å². The number of anilines is 1. The fraction of sp³-hybridized carbons (Fsp3) is 0.143. The smallest absolute Gasteiger partial charge is 0.268 e. The zero-order valence-electron chi connectivity index (χ0n) is 10.7. The van der Waals surface area contributed by atoms with E-state index in [0.29, 0.717) is 28.3 Å². The quantitative estimate of drug-likeness (QED) is 0.779. The molecular weight excluding hydrogens is 277 g/mol. The van der Waals surface area contributed by atoms with Crippen LogP contribution in [0.1, 0.15) is 11.4 Å². The van der Waals surface area contributed by atoms with Gasteiger partial charge in [-0.1, -0.05) is 0 Å². The summed E-state index contributed by atoms with van der Waals surface area (Å²) in [5, 5.41) is 4.89. The van der Waals surface area contributed by atoms with Crippen LogP contribution in [0.2, 0.25) is 0 Å². The molecule has 0 radical (unpaired) electrons. The summed E-state index contributed by atoms with van der Waals surface area (Å²) in [6.45, 7) is 2.16. The molecule has 0 aliphatic carbocycles. The second-order valence-electron chi connectivity index (χ2n) is 4.52. The SMILES string of the molecule is Cc1cc(F)cc(NCc2nc3ccsc3c(=O)[nH]2)c1. The molecule has 2 aromatic heterocycles. The van der Waals surface area contributed by atoms with Crippen molar-refractivity contribution in [3.8, 4) is 0 Å². The molecule has 6 heteroatoms. The molecule has 4 nitrogen and oxygen atoms in total. The molecule has 3 aromatic rings. The molecule has 2 N–H and O–H groups in total. The standard InChI is InChI=1S/C14H12FN3OS/c1-8-4-9(15)6-10(5-8)16-7-12-17-11-2-3-20-13(11)14(19)18-12/h2-6,16H,7H2,1H3,(H,17,18,19). The first-order valence-corrected chi connectivity index (χ1v) is 6.97. The first kappa shape index (κ1) is 12.8. The Morgan fingerprint density at radius 2 is 2.25 bits per heavy atom. The number of nitrogens with zero attached hydrogens (tertiary/aromatic N) is 1. The molecular formula is C14H12FN3OS. The van der Waals surface area contributed by atoms with Crippen LogP contribution in [0.15, 0.2) is 34.4 Å². The lowest BCUT2D eigenvalue weighted by Crippen LogP contribution is -2.13. The number of nitrogens with one attached hydrogen (secondary N) is 2. The maximum atomic E-state index is 13.3. The highest BCUT2D eigenvalue weighted by Gasteiger charge is 2.05. The van der Waals surface area contributed by atoms with Gasteiger partial charge < -0.3 is 10.3 Å². The summed E-state index contributed by atoms with van der Waals surface area (Å²) in [6.07, 6.45) is 0. The van der Waals surface area contributed by atoms with Gasteiger partial charge in [-0.2, -0.15) is 0 Å². The Labute approximate surface area is 118 Å². The second-order valence-corrected chi connectivity index (χ2v) is 5.43. The molecule has 0 spiro atoms. The van der Waals surface area contributed by atoms with E-state index < -0.39 is 0 Å². The zero-order chi connectivity index (χ0) is 14.1. The Balaban J connectivity index is 1.84. The number of aromatic amines is 1. The molecule has 2 heterocycles. The molecule has 0 saturated carbocycles. The van der Waals surface area contributed by atoms with E-state index in [-0.39, 0.29) is 11.4 Å². The fourth-order valence-electron chi connectivity index (χ4n) is 2.03. The van der Waals surface area contributed by atoms with Crippen molar-refractivity contribution in [1.82, 2.24) is 9.97 Å². The van der Waals surface area contributed by atoms with Crippen molar-refractivity contribution in [2.75, 3.05) is 5.32 Å². The number of hydrogen-bond acceptors (Lipinski definition) is 4. The van der Waals surface area contributed by atoms with Crippen LogP contribution in [-0.2, 0) is 6.54 Å². The minimum Gasteiger partial charge on any atom is -0.378 e. The largest absolute Gasteiger partial charge is 0.378 e. The molecule has 0 aliphatic heterocycles. The molecule has 20 heavy (non-hydrogen) atoms. The molecule has 1 aromatic carbocycles. The van der Waals surface area contributed by atoms with Crippen LogP contribution in [0.4, 0.5) is 10.1 Å². The second kappa shape index (κ2) is 5.05. The molecule has 0 saturated heterocycles. The van der Waals surface area contributed by atoms with E-state index in [4.69, 9.17) is 0 Å². The van der Waals surface area contributed by atoms with Crippen LogP contribution in [0.3, 0.4) is 0 Å². The number of halogens is 1. The van der Waals surface area contributed by atoms with Crippen molar-refractivity contribution < 1.29 is 4.39 Å². The van der Waals surface area contributed by atoms with Crippen LogP contribution in [0.5, 0.6) is 0 Å². The van der Waals surface area contributed by atoms with Crippen molar-refractivity contribution in [3.63, 3.8) is 0 Å². The van der Waals surface area contributed by atoms with Crippen LogP contribution >= 0.6 is 11.3 Å². The van der Waals surface area contributed by atoms with E-state index in [1.165, 1.54) is 23.5 Å².